The van der Waals surface area contributed by atoms with Crippen LogP contribution in [0.1, 0.15) is 61.1 Å². The SMILES string of the molecule is CCC1CCC(c2oncc2C(=O)O)CC1. The third-order valence-corrected chi connectivity index (χ3v) is 3.62. The second-order valence-electron chi connectivity index (χ2n) is 4.53. The molecule has 16 heavy (non-hydrogen) atoms. The Bertz CT molecular complexity index is 364. The Morgan fingerprint density at radius 1 is 1.50 bits per heavy atom. The second kappa shape index (κ2) is 4.68. The minimum Gasteiger partial charge on any atom is -0.478 e. The molecule has 0 atom stereocenters. The third kappa shape index (κ3) is 2.10. The fourth-order valence-corrected chi connectivity index (χ4v) is 2.54. The summed E-state index contributed by atoms with van der Waals surface area (Å²) in [5.74, 6) is 0.680. The van der Waals surface area contributed by atoms with E-state index in [-0.39, 0.29) is 11.5 Å². The first-order valence-corrected chi connectivity index (χ1v) is 5.90. The Morgan fingerprint density at radius 3 is 2.75 bits per heavy atom. The van der Waals surface area contributed by atoms with Crippen LogP contribution < -0.4 is 0 Å². The fourth-order valence-electron chi connectivity index (χ4n) is 2.54. The number of carboxylic acids is 1. The van der Waals surface area contributed by atoms with Gasteiger partial charge in [0.25, 0.3) is 0 Å². The first-order chi connectivity index (χ1) is 7.72. The van der Waals surface area contributed by atoms with Crippen molar-refractivity contribution >= 4 is 5.97 Å². The molecule has 1 heterocycles. The van der Waals surface area contributed by atoms with Crippen molar-refractivity contribution in [3.63, 3.8) is 0 Å². The molecule has 1 aromatic heterocycles. The van der Waals surface area contributed by atoms with Gasteiger partial charge in [0, 0.05) is 5.92 Å². The number of rotatable bonds is 3. The van der Waals surface area contributed by atoms with Crippen molar-refractivity contribution in [1.82, 2.24) is 5.16 Å². The van der Waals surface area contributed by atoms with Gasteiger partial charge >= 0.3 is 5.97 Å². The van der Waals surface area contributed by atoms with Gasteiger partial charge in [-0.3, -0.25) is 0 Å². The molecular weight excluding hydrogens is 206 g/mol. The van der Waals surface area contributed by atoms with Gasteiger partial charge in [-0.2, -0.15) is 0 Å². The van der Waals surface area contributed by atoms with Crippen LogP contribution in [0.5, 0.6) is 0 Å². The summed E-state index contributed by atoms with van der Waals surface area (Å²) in [5.41, 5.74) is 0.236. The summed E-state index contributed by atoms with van der Waals surface area (Å²) in [6.07, 6.45) is 6.91. The van der Waals surface area contributed by atoms with Crippen molar-refractivity contribution in [3.05, 3.63) is 17.5 Å². The zero-order valence-corrected chi connectivity index (χ0v) is 9.48. The van der Waals surface area contributed by atoms with E-state index in [1.807, 2.05) is 0 Å². The number of carboxylic acid groups (broad SMARTS) is 1. The van der Waals surface area contributed by atoms with E-state index < -0.39 is 5.97 Å². The lowest BCUT2D eigenvalue weighted by molar-refractivity contribution is 0.0692. The molecule has 0 amide bonds. The van der Waals surface area contributed by atoms with Gasteiger partial charge in [0.1, 0.15) is 5.56 Å². The van der Waals surface area contributed by atoms with Crippen LogP contribution in [0.3, 0.4) is 0 Å². The number of carbonyl (C=O) groups is 1. The summed E-state index contributed by atoms with van der Waals surface area (Å²) >= 11 is 0. The molecule has 2 rings (SSSR count). The number of hydrogen-bond acceptors (Lipinski definition) is 3. The van der Waals surface area contributed by atoms with Crippen LogP contribution >= 0.6 is 0 Å². The summed E-state index contributed by atoms with van der Waals surface area (Å²) < 4.78 is 5.10. The van der Waals surface area contributed by atoms with E-state index in [0.29, 0.717) is 5.76 Å². The number of aromatic nitrogens is 1. The highest BCUT2D eigenvalue weighted by molar-refractivity contribution is 5.88. The van der Waals surface area contributed by atoms with Gasteiger partial charge in [-0.15, -0.1) is 0 Å². The van der Waals surface area contributed by atoms with Crippen LogP contribution in [-0.4, -0.2) is 16.2 Å². The molecule has 0 radical (unpaired) electrons. The first kappa shape index (κ1) is 11.2. The lowest BCUT2D eigenvalue weighted by Crippen LogP contribution is -2.14. The lowest BCUT2D eigenvalue weighted by atomic mass is 9.79. The van der Waals surface area contributed by atoms with Crippen molar-refractivity contribution in [2.24, 2.45) is 5.92 Å². The Balaban J connectivity index is 2.08. The van der Waals surface area contributed by atoms with Gasteiger partial charge in [0.05, 0.1) is 6.20 Å². The molecule has 88 valence electrons. The number of aromatic carboxylic acids is 1. The van der Waals surface area contributed by atoms with E-state index in [1.165, 1.54) is 25.5 Å². The molecule has 0 aromatic carbocycles. The van der Waals surface area contributed by atoms with Crippen molar-refractivity contribution in [1.29, 1.82) is 0 Å². The zero-order valence-electron chi connectivity index (χ0n) is 9.48. The molecule has 0 aliphatic heterocycles. The highest BCUT2D eigenvalue weighted by Crippen LogP contribution is 2.38. The number of hydrogen-bond donors (Lipinski definition) is 1. The first-order valence-electron chi connectivity index (χ1n) is 5.90. The molecular formula is C12H17NO3. The molecule has 0 spiro atoms. The maximum atomic E-state index is 10.9. The standard InChI is InChI=1S/C12H17NO3/c1-2-8-3-5-9(6-4-8)11-10(12(14)15)7-13-16-11/h7-9H,2-6H2,1H3,(H,14,15). The van der Waals surface area contributed by atoms with Gasteiger partial charge in [-0.05, 0) is 31.6 Å². The van der Waals surface area contributed by atoms with E-state index in [9.17, 15) is 4.79 Å². The highest BCUT2D eigenvalue weighted by atomic mass is 16.5. The minimum absolute atomic E-state index is 0.236. The lowest BCUT2D eigenvalue weighted by Gasteiger charge is -2.26. The number of nitrogens with zero attached hydrogens (tertiary/aromatic N) is 1. The fraction of sp³-hybridized carbons (Fsp3) is 0.667. The Kier molecular flexibility index (Phi) is 3.27. The summed E-state index contributed by atoms with van der Waals surface area (Å²) in [5, 5.41) is 12.6. The van der Waals surface area contributed by atoms with Crippen molar-refractivity contribution < 1.29 is 14.4 Å². The average Bonchev–Trinajstić information content (AvgIpc) is 2.78. The third-order valence-electron chi connectivity index (χ3n) is 3.62. The molecule has 1 fully saturated rings. The van der Waals surface area contributed by atoms with Gasteiger partial charge in [-0.25, -0.2) is 4.79 Å². The molecule has 0 unspecified atom stereocenters. The summed E-state index contributed by atoms with van der Waals surface area (Å²) in [4.78, 5) is 10.9. The van der Waals surface area contributed by atoms with Gasteiger partial charge < -0.3 is 9.63 Å². The van der Waals surface area contributed by atoms with Crippen molar-refractivity contribution in [3.8, 4) is 0 Å². The highest BCUT2D eigenvalue weighted by Gasteiger charge is 2.28. The largest absolute Gasteiger partial charge is 0.478 e. The molecule has 0 saturated heterocycles. The average molecular weight is 223 g/mol. The zero-order chi connectivity index (χ0) is 11.5. The second-order valence-corrected chi connectivity index (χ2v) is 4.53. The normalized spacial score (nSPS) is 25.6. The molecule has 1 N–H and O–H groups in total. The van der Waals surface area contributed by atoms with Crippen LogP contribution in [0, 0.1) is 5.92 Å². The molecule has 0 bridgehead atoms. The minimum atomic E-state index is -0.936. The molecule has 1 aliphatic rings. The molecule has 4 heteroatoms. The Morgan fingerprint density at radius 2 is 2.19 bits per heavy atom. The van der Waals surface area contributed by atoms with E-state index >= 15 is 0 Å². The van der Waals surface area contributed by atoms with Crippen LogP contribution in [0.2, 0.25) is 0 Å². The molecule has 1 aromatic rings. The topological polar surface area (TPSA) is 63.3 Å². The Hall–Kier alpha value is -1.32. The van der Waals surface area contributed by atoms with Crippen LogP contribution in [0.4, 0.5) is 0 Å². The van der Waals surface area contributed by atoms with E-state index in [1.54, 1.807) is 0 Å². The summed E-state index contributed by atoms with van der Waals surface area (Å²) in [7, 11) is 0. The van der Waals surface area contributed by atoms with E-state index in [2.05, 4.69) is 12.1 Å². The summed E-state index contributed by atoms with van der Waals surface area (Å²) in [6, 6.07) is 0. The monoisotopic (exact) mass is 223 g/mol. The van der Waals surface area contributed by atoms with Gasteiger partial charge in [-0.1, -0.05) is 18.5 Å². The summed E-state index contributed by atoms with van der Waals surface area (Å²) in [6.45, 7) is 2.21. The van der Waals surface area contributed by atoms with Gasteiger partial charge in [0.15, 0.2) is 5.76 Å². The van der Waals surface area contributed by atoms with Crippen LogP contribution in [0.25, 0.3) is 0 Å². The van der Waals surface area contributed by atoms with E-state index in [0.717, 1.165) is 18.8 Å². The maximum Gasteiger partial charge on any atom is 0.340 e. The van der Waals surface area contributed by atoms with Gasteiger partial charge in [0.2, 0.25) is 0 Å². The Labute approximate surface area is 94.6 Å². The van der Waals surface area contributed by atoms with Crippen molar-refractivity contribution in [2.75, 3.05) is 0 Å². The smallest absolute Gasteiger partial charge is 0.340 e. The predicted molar refractivity (Wildman–Crippen MR) is 58.5 cm³/mol. The van der Waals surface area contributed by atoms with E-state index in [4.69, 9.17) is 9.63 Å². The quantitative estimate of drug-likeness (QED) is 0.855. The maximum absolute atomic E-state index is 10.9. The molecule has 4 nitrogen and oxygen atoms in total. The van der Waals surface area contributed by atoms with Crippen LogP contribution in [-0.2, 0) is 0 Å². The predicted octanol–water partition coefficient (Wildman–Crippen LogP) is 3.06. The molecule has 1 aliphatic carbocycles. The van der Waals surface area contributed by atoms with Crippen LogP contribution in [0.15, 0.2) is 10.7 Å². The van der Waals surface area contributed by atoms with Crippen molar-refractivity contribution in [2.45, 2.75) is 44.9 Å². The molecule has 1 saturated carbocycles.